The molecule has 2 aromatic heterocycles. The van der Waals surface area contributed by atoms with Crippen LogP contribution in [-0.2, 0) is 0 Å². The summed E-state index contributed by atoms with van der Waals surface area (Å²) >= 11 is 1.72. The van der Waals surface area contributed by atoms with Gasteiger partial charge in [0.2, 0.25) is 5.95 Å². The molecule has 0 amide bonds. The summed E-state index contributed by atoms with van der Waals surface area (Å²) in [4.78, 5) is 12.1. The summed E-state index contributed by atoms with van der Waals surface area (Å²) < 4.78 is 0. The van der Waals surface area contributed by atoms with E-state index < -0.39 is 0 Å². The summed E-state index contributed by atoms with van der Waals surface area (Å²) in [6, 6.07) is 2.11. The molecule has 0 radical (unpaired) electrons. The molecule has 0 saturated heterocycles. The lowest BCUT2D eigenvalue weighted by Crippen LogP contribution is -2.22. The molecule has 2 N–H and O–H groups in total. The Labute approximate surface area is 111 Å². The number of nitrogens with zero attached hydrogens (tertiary/aromatic N) is 3. The molecular weight excluding hydrogens is 244 g/mol. The highest BCUT2D eigenvalue weighted by Gasteiger charge is 2.07. The lowest BCUT2D eigenvalue weighted by atomic mass is 10.2. The van der Waals surface area contributed by atoms with E-state index in [4.69, 9.17) is 5.73 Å². The molecule has 0 fully saturated rings. The minimum atomic E-state index is 0.691. The smallest absolute Gasteiger partial charge is 0.225 e. The van der Waals surface area contributed by atoms with Gasteiger partial charge in [0.25, 0.3) is 0 Å². The van der Waals surface area contributed by atoms with Crippen LogP contribution in [0.5, 0.6) is 0 Å². The van der Waals surface area contributed by atoms with Gasteiger partial charge in [0.1, 0.15) is 0 Å². The van der Waals surface area contributed by atoms with Gasteiger partial charge in [0.05, 0.1) is 0 Å². The molecule has 5 heteroatoms. The number of thiophene rings is 1. The van der Waals surface area contributed by atoms with Gasteiger partial charge in [-0.15, -0.1) is 11.3 Å². The zero-order valence-electron chi connectivity index (χ0n) is 10.8. The summed E-state index contributed by atoms with van der Waals surface area (Å²) in [5.41, 5.74) is 7.85. The average molecular weight is 262 g/mol. The van der Waals surface area contributed by atoms with Crippen molar-refractivity contribution in [2.75, 3.05) is 25.0 Å². The first kappa shape index (κ1) is 13.0. The standard InChI is InChI=1S/C13H18N4S/c1-10-4-7-18-12(10)11-8-15-13(16-9-11)17(2)6-3-5-14/h4,7-9H,3,5-6,14H2,1-2H3. The molecule has 0 spiro atoms. The van der Waals surface area contributed by atoms with Crippen molar-refractivity contribution in [2.45, 2.75) is 13.3 Å². The molecule has 0 aliphatic heterocycles. The molecule has 0 aliphatic rings. The summed E-state index contributed by atoms with van der Waals surface area (Å²) in [5, 5.41) is 2.09. The van der Waals surface area contributed by atoms with Crippen molar-refractivity contribution in [2.24, 2.45) is 5.73 Å². The molecule has 0 aliphatic carbocycles. The van der Waals surface area contributed by atoms with E-state index in [0.29, 0.717) is 6.54 Å². The third kappa shape index (κ3) is 2.86. The first-order chi connectivity index (χ1) is 8.72. The number of hydrogen-bond donors (Lipinski definition) is 1. The van der Waals surface area contributed by atoms with Crippen LogP contribution in [0.25, 0.3) is 10.4 Å². The molecular formula is C13H18N4S. The molecule has 2 heterocycles. The van der Waals surface area contributed by atoms with Gasteiger partial charge in [0.15, 0.2) is 0 Å². The number of aryl methyl sites for hydroxylation is 1. The predicted octanol–water partition coefficient (Wildman–Crippen LogP) is 2.30. The van der Waals surface area contributed by atoms with E-state index in [1.807, 2.05) is 24.3 Å². The van der Waals surface area contributed by atoms with Crippen LogP contribution >= 0.6 is 11.3 Å². The van der Waals surface area contributed by atoms with Gasteiger partial charge in [-0.05, 0) is 36.9 Å². The van der Waals surface area contributed by atoms with E-state index in [-0.39, 0.29) is 0 Å². The van der Waals surface area contributed by atoms with Crippen LogP contribution in [0.3, 0.4) is 0 Å². The van der Waals surface area contributed by atoms with Gasteiger partial charge >= 0.3 is 0 Å². The Morgan fingerprint density at radius 1 is 1.33 bits per heavy atom. The van der Waals surface area contributed by atoms with Crippen LogP contribution in [-0.4, -0.2) is 30.1 Å². The number of hydrogen-bond acceptors (Lipinski definition) is 5. The van der Waals surface area contributed by atoms with Crippen molar-refractivity contribution in [1.29, 1.82) is 0 Å². The molecule has 0 atom stereocenters. The van der Waals surface area contributed by atoms with Crippen LogP contribution in [0.4, 0.5) is 5.95 Å². The second-order valence-corrected chi connectivity index (χ2v) is 5.18. The van der Waals surface area contributed by atoms with Crippen molar-refractivity contribution in [1.82, 2.24) is 9.97 Å². The third-order valence-corrected chi connectivity index (χ3v) is 3.87. The quantitative estimate of drug-likeness (QED) is 0.898. The molecule has 2 aromatic rings. The van der Waals surface area contributed by atoms with E-state index in [0.717, 1.165) is 24.5 Å². The number of anilines is 1. The molecule has 0 aromatic carbocycles. The Kier molecular flexibility index (Phi) is 4.28. The van der Waals surface area contributed by atoms with Gasteiger partial charge in [-0.2, -0.15) is 0 Å². The fraction of sp³-hybridized carbons (Fsp3) is 0.385. The normalized spacial score (nSPS) is 10.6. The van der Waals surface area contributed by atoms with Crippen molar-refractivity contribution < 1.29 is 0 Å². The molecule has 0 bridgehead atoms. The fourth-order valence-electron chi connectivity index (χ4n) is 1.73. The largest absolute Gasteiger partial charge is 0.344 e. The third-order valence-electron chi connectivity index (χ3n) is 2.80. The van der Waals surface area contributed by atoms with E-state index >= 15 is 0 Å². The zero-order chi connectivity index (χ0) is 13.0. The lowest BCUT2D eigenvalue weighted by Gasteiger charge is -2.16. The minimum Gasteiger partial charge on any atom is -0.344 e. The summed E-state index contributed by atoms with van der Waals surface area (Å²) in [6.07, 6.45) is 4.73. The van der Waals surface area contributed by atoms with Crippen molar-refractivity contribution >= 4 is 17.3 Å². The number of nitrogens with two attached hydrogens (primary N) is 1. The topological polar surface area (TPSA) is 55.0 Å². The van der Waals surface area contributed by atoms with Gasteiger partial charge < -0.3 is 10.6 Å². The molecule has 18 heavy (non-hydrogen) atoms. The maximum Gasteiger partial charge on any atom is 0.225 e. The summed E-state index contributed by atoms with van der Waals surface area (Å²) in [7, 11) is 1.99. The second-order valence-electron chi connectivity index (χ2n) is 4.27. The Balaban J connectivity index is 2.13. The molecule has 4 nitrogen and oxygen atoms in total. The minimum absolute atomic E-state index is 0.691. The van der Waals surface area contributed by atoms with Crippen molar-refractivity contribution in [3.63, 3.8) is 0 Å². The van der Waals surface area contributed by atoms with Gasteiger partial charge in [-0.25, -0.2) is 9.97 Å². The van der Waals surface area contributed by atoms with Crippen molar-refractivity contribution in [3.05, 3.63) is 29.4 Å². The fourth-order valence-corrected chi connectivity index (χ4v) is 2.64. The van der Waals surface area contributed by atoms with Crippen LogP contribution in [0, 0.1) is 6.92 Å². The first-order valence-electron chi connectivity index (χ1n) is 6.00. The highest BCUT2D eigenvalue weighted by Crippen LogP contribution is 2.28. The highest BCUT2D eigenvalue weighted by atomic mass is 32.1. The molecule has 96 valence electrons. The number of rotatable bonds is 5. The van der Waals surface area contributed by atoms with Gasteiger partial charge in [-0.3, -0.25) is 0 Å². The van der Waals surface area contributed by atoms with E-state index in [2.05, 4.69) is 28.3 Å². The zero-order valence-corrected chi connectivity index (χ0v) is 11.6. The van der Waals surface area contributed by atoms with E-state index in [1.165, 1.54) is 10.4 Å². The molecule has 2 rings (SSSR count). The predicted molar refractivity (Wildman–Crippen MR) is 77.0 cm³/mol. The second kappa shape index (κ2) is 5.93. The van der Waals surface area contributed by atoms with Crippen LogP contribution < -0.4 is 10.6 Å². The summed E-state index contributed by atoms with van der Waals surface area (Å²) in [6.45, 7) is 3.68. The van der Waals surface area contributed by atoms with Gasteiger partial charge in [0, 0.05) is 36.4 Å². The Hall–Kier alpha value is -1.46. The Morgan fingerprint density at radius 2 is 2.06 bits per heavy atom. The SMILES string of the molecule is Cc1ccsc1-c1cnc(N(C)CCCN)nc1. The van der Waals surface area contributed by atoms with Gasteiger partial charge in [-0.1, -0.05) is 0 Å². The Morgan fingerprint density at radius 3 is 2.61 bits per heavy atom. The monoisotopic (exact) mass is 262 g/mol. The maximum absolute atomic E-state index is 5.49. The van der Waals surface area contributed by atoms with Crippen LogP contribution in [0.15, 0.2) is 23.8 Å². The summed E-state index contributed by atoms with van der Waals surface area (Å²) in [5.74, 6) is 0.751. The lowest BCUT2D eigenvalue weighted by molar-refractivity contribution is 0.775. The van der Waals surface area contributed by atoms with Crippen LogP contribution in [0.2, 0.25) is 0 Å². The van der Waals surface area contributed by atoms with E-state index in [9.17, 15) is 0 Å². The average Bonchev–Trinajstić information content (AvgIpc) is 2.82. The highest BCUT2D eigenvalue weighted by molar-refractivity contribution is 7.13. The maximum atomic E-state index is 5.49. The van der Waals surface area contributed by atoms with E-state index in [1.54, 1.807) is 11.3 Å². The van der Waals surface area contributed by atoms with Crippen LogP contribution in [0.1, 0.15) is 12.0 Å². The first-order valence-corrected chi connectivity index (χ1v) is 6.88. The Bertz CT molecular complexity index is 492. The molecule has 0 unspecified atom stereocenters. The van der Waals surface area contributed by atoms with Crippen molar-refractivity contribution in [3.8, 4) is 10.4 Å². The molecule has 0 saturated carbocycles. The number of aromatic nitrogens is 2.